The number of hydrogen-bond acceptors (Lipinski definition) is 2. The summed E-state index contributed by atoms with van der Waals surface area (Å²) in [4.78, 5) is 11.7. The molecule has 6 heteroatoms. The Labute approximate surface area is 132 Å². The summed E-state index contributed by atoms with van der Waals surface area (Å²) in [5.74, 6) is -0.294. The van der Waals surface area contributed by atoms with Gasteiger partial charge in [-0.25, -0.2) is 0 Å². The fraction of sp³-hybridized carbons (Fsp3) is 0.235. The number of amides is 1. The molecule has 2 N–H and O–H groups in total. The third-order valence-electron chi connectivity index (χ3n) is 3.21. The normalized spacial score (nSPS) is 11.3. The molecule has 0 aromatic heterocycles. The second-order valence-corrected chi connectivity index (χ2v) is 5.04. The van der Waals surface area contributed by atoms with Crippen molar-refractivity contribution in [2.45, 2.75) is 12.6 Å². The first kappa shape index (κ1) is 17.0. The third kappa shape index (κ3) is 5.75. The summed E-state index contributed by atoms with van der Waals surface area (Å²) in [6.45, 7) is 0.748. The minimum Gasteiger partial charge on any atom is -0.325 e. The predicted octanol–water partition coefficient (Wildman–Crippen LogP) is 3.48. The maximum absolute atomic E-state index is 12.4. The highest BCUT2D eigenvalue weighted by Crippen LogP contribution is 2.29. The van der Waals surface area contributed by atoms with Gasteiger partial charge in [-0.3, -0.25) is 4.79 Å². The van der Waals surface area contributed by atoms with E-state index in [0.717, 1.165) is 18.6 Å². The van der Waals surface area contributed by atoms with E-state index in [4.69, 9.17) is 0 Å². The first-order valence-corrected chi connectivity index (χ1v) is 7.17. The first-order chi connectivity index (χ1) is 10.9. The highest BCUT2D eigenvalue weighted by molar-refractivity contribution is 5.92. The largest absolute Gasteiger partial charge is 0.416 e. The number of carbonyl (C=O) groups is 1. The standard InChI is InChI=1S/C17H17F3N2O/c18-17(19,20)14-6-8-15(9-7-14)22-16(23)12-21-11-10-13-4-2-1-3-5-13/h1-9,21H,10-12H2,(H,22,23). The molecule has 0 bridgehead atoms. The highest BCUT2D eigenvalue weighted by Gasteiger charge is 2.29. The lowest BCUT2D eigenvalue weighted by atomic mass is 10.1. The minimum atomic E-state index is -4.37. The van der Waals surface area contributed by atoms with Gasteiger partial charge in [0.05, 0.1) is 12.1 Å². The summed E-state index contributed by atoms with van der Waals surface area (Å²) in [6, 6.07) is 14.2. The molecule has 0 spiro atoms. The van der Waals surface area contributed by atoms with Crippen molar-refractivity contribution in [3.8, 4) is 0 Å². The number of halogens is 3. The quantitative estimate of drug-likeness (QED) is 0.800. The summed E-state index contributed by atoms with van der Waals surface area (Å²) in [6.07, 6.45) is -3.57. The van der Waals surface area contributed by atoms with Crippen molar-refractivity contribution in [2.75, 3.05) is 18.4 Å². The van der Waals surface area contributed by atoms with Crippen molar-refractivity contribution < 1.29 is 18.0 Å². The Morgan fingerprint density at radius 2 is 1.61 bits per heavy atom. The van der Waals surface area contributed by atoms with E-state index in [9.17, 15) is 18.0 Å². The Bertz CT molecular complexity index is 625. The van der Waals surface area contributed by atoms with Crippen LogP contribution in [0.25, 0.3) is 0 Å². The number of nitrogens with one attached hydrogen (secondary N) is 2. The van der Waals surface area contributed by atoms with Gasteiger partial charge < -0.3 is 10.6 Å². The van der Waals surface area contributed by atoms with Gasteiger partial charge in [-0.05, 0) is 42.8 Å². The van der Waals surface area contributed by atoms with E-state index in [-0.39, 0.29) is 12.5 Å². The molecule has 0 saturated heterocycles. The zero-order chi connectivity index (χ0) is 16.7. The lowest BCUT2D eigenvalue weighted by Gasteiger charge is -2.09. The van der Waals surface area contributed by atoms with Crippen LogP contribution in [0.15, 0.2) is 54.6 Å². The predicted molar refractivity (Wildman–Crippen MR) is 83.1 cm³/mol. The van der Waals surface area contributed by atoms with Crippen LogP contribution >= 0.6 is 0 Å². The van der Waals surface area contributed by atoms with Crippen LogP contribution in [0.4, 0.5) is 18.9 Å². The summed E-state index contributed by atoms with van der Waals surface area (Å²) >= 11 is 0. The van der Waals surface area contributed by atoms with Crippen LogP contribution in [0.5, 0.6) is 0 Å². The number of rotatable bonds is 6. The molecule has 122 valence electrons. The molecular formula is C17H17F3N2O. The van der Waals surface area contributed by atoms with Crippen LogP contribution in [0, 0.1) is 0 Å². The number of alkyl halides is 3. The fourth-order valence-corrected chi connectivity index (χ4v) is 2.03. The number of carbonyl (C=O) groups excluding carboxylic acids is 1. The lowest BCUT2D eigenvalue weighted by molar-refractivity contribution is -0.137. The molecule has 2 aromatic carbocycles. The van der Waals surface area contributed by atoms with E-state index in [1.54, 1.807) is 0 Å². The van der Waals surface area contributed by atoms with Crippen LogP contribution in [0.2, 0.25) is 0 Å². The van der Waals surface area contributed by atoms with Crippen LogP contribution in [0.1, 0.15) is 11.1 Å². The van der Waals surface area contributed by atoms with Crippen molar-refractivity contribution in [3.05, 3.63) is 65.7 Å². The van der Waals surface area contributed by atoms with E-state index in [1.165, 1.54) is 17.7 Å². The maximum atomic E-state index is 12.4. The molecule has 0 fully saturated rings. The second kappa shape index (κ2) is 7.78. The van der Waals surface area contributed by atoms with Gasteiger partial charge in [-0.15, -0.1) is 0 Å². The third-order valence-corrected chi connectivity index (χ3v) is 3.21. The second-order valence-electron chi connectivity index (χ2n) is 5.04. The molecule has 3 nitrogen and oxygen atoms in total. The summed E-state index contributed by atoms with van der Waals surface area (Å²) in [7, 11) is 0. The van der Waals surface area contributed by atoms with Gasteiger partial charge in [0.2, 0.25) is 5.91 Å². The molecule has 0 aliphatic heterocycles. The molecule has 0 heterocycles. The van der Waals surface area contributed by atoms with Crippen LogP contribution < -0.4 is 10.6 Å². The lowest BCUT2D eigenvalue weighted by Crippen LogP contribution is -2.29. The van der Waals surface area contributed by atoms with E-state index >= 15 is 0 Å². The molecular weight excluding hydrogens is 305 g/mol. The van der Waals surface area contributed by atoms with Crippen LogP contribution in [-0.2, 0) is 17.4 Å². The zero-order valence-electron chi connectivity index (χ0n) is 12.4. The van der Waals surface area contributed by atoms with Crippen molar-refractivity contribution in [3.63, 3.8) is 0 Å². The average Bonchev–Trinajstić information content (AvgIpc) is 2.52. The average molecular weight is 322 g/mol. The van der Waals surface area contributed by atoms with Crippen molar-refractivity contribution in [1.82, 2.24) is 5.32 Å². The Morgan fingerprint density at radius 1 is 0.957 bits per heavy atom. The molecule has 0 atom stereocenters. The Kier molecular flexibility index (Phi) is 5.76. The van der Waals surface area contributed by atoms with E-state index in [0.29, 0.717) is 12.2 Å². The highest BCUT2D eigenvalue weighted by atomic mass is 19.4. The molecule has 0 unspecified atom stereocenters. The summed E-state index contributed by atoms with van der Waals surface area (Å²) in [5, 5.41) is 5.55. The van der Waals surface area contributed by atoms with Gasteiger partial charge in [0.15, 0.2) is 0 Å². The molecule has 0 saturated carbocycles. The van der Waals surface area contributed by atoms with Gasteiger partial charge in [0.25, 0.3) is 0 Å². The van der Waals surface area contributed by atoms with Crippen molar-refractivity contribution >= 4 is 11.6 Å². The topological polar surface area (TPSA) is 41.1 Å². The zero-order valence-corrected chi connectivity index (χ0v) is 12.4. The molecule has 2 aromatic rings. The van der Waals surface area contributed by atoms with Crippen LogP contribution in [0.3, 0.4) is 0 Å². The van der Waals surface area contributed by atoms with E-state index in [1.807, 2.05) is 30.3 Å². The van der Waals surface area contributed by atoms with Gasteiger partial charge in [-0.1, -0.05) is 30.3 Å². The Morgan fingerprint density at radius 3 is 2.22 bits per heavy atom. The van der Waals surface area contributed by atoms with Crippen molar-refractivity contribution in [1.29, 1.82) is 0 Å². The minimum absolute atomic E-state index is 0.105. The monoisotopic (exact) mass is 322 g/mol. The van der Waals surface area contributed by atoms with Crippen LogP contribution in [-0.4, -0.2) is 19.0 Å². The molecule has 0 radical (unpaired) electrons. The molecule has 2 rings (SSSR count). The number of hydrogen-bond donors (Lipinski definition) is 2. The summed E-state index contributed by atoms with van der Waals surface area (Å²) in [5.41, 5.74) is 0.771. The van der Waals surface area contributed by atoms with Gasteiger partial charge >= 0.3 is 6.18 Å². The van der Waals surface area contributed by atoms with Gasteiger partial charge in [0, 0.05) is 5.69 Å². The molecule has 0 aliphatic rings. The molecule has 23 heavy (non-hydrogen) atoms. The number of benzene rings is 2. The molecule has 1 amide bonds. The number of anilines is 1. The van der Waals surface area contributed by atoms with E-state index < -0.39 is 11.7 Å². The van der Waals surface area contributed by atoms with Crippen molar-refractivity contribution in [2.24, 2.45) is 0 Å². The molecule has 0 aliphatic carbocycles. The fourth-order valence-electron chi connectivity index (χ4n) is 2.03. The smallest absolute Gasteiger partial charge is 0.325 e. The van der Waals surface area contributed by atoms with Gasteiger partial charge in [0.1, 0.15) is 0 Å². The Hall–Kier alpha value is -2.34. The maximum Gasteiger partial charge on any atom is 0.416 e. The van der Waals surface area contributed by atoms with Gasteiger partial charge in [-0.2, -0.15) is 13.2 Å². The Balaban J connectivity index is 1.72. The van der Waals surface area contributed by atoms with E-state index in [2.05, 4.69) is 10.6 Å². The SMILES string of the molecule is O=C(CNCCc1ccccc1)Nc1ccc(C(F)(F)F)cc1. The first-order valence-electron chi connectivity index (χ1n) is 7.17. The summed E-state index contributed by atoms with van der Waals surface area (Å²) < 4.78 is 37.3.